The Morgan fingerprint density at radius 2 is 1.95 bits per heavy atom. The normalized spacial score (nSPS) is 18.5. The number of aliphatic hydroxyl groups is 1. The number of carboxylic acids is 1. The Bertz CT molecular complexity index is 680. The highest BCUT2D eigenvalue weighted by molar-refractivity contribution is 7.89. The van der Waals surface area contributed by atoms with Gasteiger partial charge in [-0.05, 0) is 24.1 Å². The molecule has 1 heterocycles. The number of nitrogens with zero attached hydrogens (tertiary/aromatic N) is 1. The predicted octanol–water partition coefficient (Wildman–Crippen LogP) is 1.43. The van der Waals surface area contributed by atoms with Crippen LogP contribution in [-0.2, 0) is 10.0 Å². The molecule has 2 N–H and O–H groups in total. The molecule has 0 spiro atoms. The van der Waals surface area contributed by atoms with E-state index in [2.05, 4.69) is 0 Å². The van der Waals surface area contributed by atoms with Crippen LogP contribution >= 0.6 is 11.6 Å². The summed E-state index contributed by atoms with van der Waals surface area (Å²) in [6, 6.07) is 3.48. The average Bonchev–Trinajstić information content (AvgIpc) is 2.33. The van der Waals surface area contributed by atoms with Crippen LogP contribution in [0.25, 0.3) is 0 Å². The molecule has 0 unspecified atom stereocenters. The third kappa shape index (κ3) is 2.78. The monoisotopic (exact) mass is 333 g/mol. The molecule has 0 atom stereocenters. The molecule has 0 amide bonds. The van der Waals surface area contributed by atoms with Crippen molar-refractivity contribution in [1.82, 2.24) is 4.31 Å². The predicted molar refractivity (Wildman–Crippen MR) is 77.0 cm³/mol. The van der Waals surface area contributed by atoms with Crippen molar-refractivity contribution in [1.29, 1.82) is 0 Å². The minimum atomic E-state index is -3.78. The number of hydrogen-bond acceptors (Lipinski definition) is 4. The van der Waals surface area contributed by atoms with E-state index in [1.54, 1.807) is 0 Å². The van der Waals surface area contributed by atoms with Gasteiger partial charge < -0.3 is 10.2 Å². The van der Waals surface area contributed by atoms with Gasteiger partial charge in [-0.25, -0.2) is 13.2 Å². The number of carbonyl (C=O) groups is 1. The van der Waals surface area contributed by atoms with E-state index in [1.807, 2.05) is 13.8 Å². The number of benzene rings is 1. The summed E-state index contributed by atoms with van der Waals surface area (Å²) in [6.45, 7) is 3.68. The van der Waals surface area contributed by atoms with Gasteiger partial charge in [0.25, 0.3) is 0 Å². The Kier molecular flexibility index (Phi) is 4.05. The quantitative estimate of drug-likeness (QED) is 0.869. The van der Waals surface area contributed by atoms with Crippen molar-refractivity contribution in [3.05, 3.63) is 28.8 Å². The van der Waals surface area contributed by atoms with Crippen molar-refractivity contribution in [2.24, 2.45) is 5.92 Å². The number of rotatable bonds is 4. The van der Waals surface area contributed by atoms with Gasteiger partial charge in [-0.15, -0.1) is 0 Å². The van der Waals surface area contributed by atoms with Crippen LogP contribution in [0.1, 0.15) is 24.2 Å². The van der Waals surface area contributed by atoms with Crippen LogP contribution in [-0.4, -0.2) is 47.6 Å². The van der Waals surface area contributed by atoms with Crippen molar-refractivity contribution in [2.45, 2.75) is 24.3 Å². The fraction of sp³-hybridized carbons (Fsp3) is 0.462. The van der Waals surface area contributed by atoms with Gasteiger partial charge in [0.1, 0.15) is 0 Å². The second kappa shape index (κ2) is 5.24. The van der Waals surface area contributed by atoms with Crippen molar-refractivity contribution in [3.63, 3.8) is 0 Å². The fourth-order valence-corrected chi connectivity index (χ4v) is 4.00. The van der Waals surface area contributed by atoms with E-state index in [0.717, 1.165) is 16.4 Å². The molecule has 0 aliphatic carbocycles. The second-order valence-electron chi connectivity index (χ2n) is 5.48. The molecular formula is C13H16ClNO5S. The van der Waals surface area contributed by atoms with Crippen LogP contribution in [0.3, 0.4) is 0 Å². The van der Waals surface area contributed by atoms with Gasteiger partial charge in [-0.3, -0.25) is 0 Å². The lowest BCUT2D eigenvalue weighted by Crippen LogP contribution is -2.65. The van der Waals surface area contributed by atoms with Crippen LogP contribution in [0.5, 0.6) is 0 Å². The van der Waals surface area contributed by atoms with E-state index in [-0.39, 0.29) is 34.5 Å². The second-order valence-corrected chi connectivity index (χ2v) is 7.82. The third-order valence-electron chi connectivity index (χ3n) is 3.78. The SMILES string of the molecule is CC(C)C1(O)CN(S(=O)(=O)c2ccc(C(=O)O)c(Cl)c2)C1. The first-order valence-corrected chi connectivity index (χ1v) is 8.15. The number of halogens is 1. The summed E-state index contributed by atoms with van der Waals surface area (Å²) in [7, 11) is -3.78. The molecule has 0 radical (unpaired) electrons. The number of β-amino-alcohol motifs (C(OH)–C–C–N with tert-alkyl or cyclic N) is 1. The smallest absolute Gasteiger partial charge is 0.337 e. The third-order valence-corrected chi connectivity index (χ3v) is 5.88. The van der Waals surface area contributed by atoms with E-state index < -0.39 is 21.6 Å². The van der Waals surface area contributed by atoms with E-state index in [1.165, 1.54) is 6.07 Å². The van der Waals surface area contributed by atoms with E-state index >= 15 is 0 Å². The average molecular weight is 334 g/mol. The van der Waals surface area contributed by atoms with Gasteiger partial charge in [0, 0.05) is 13.1 Å². The summed E-state index contributed by atoms with van der Waals surface area (Å²) in [5.41, 5.74) is -1.17. The summed E-state index contributed by atoms with van der Waals surface area (Å²) in [4.78, 5) is 10.8. The van der Waals surface area contributed by atoms with E-state index in [4.69, 9.17) is 16.7 Å². The molecule has 6 nitrogen and oxygen atoms in total. The van der Waals surface area contributed by atoms with Crippen molar-refractivity contribution in [2.75, 3.05) is 13.1 Å². The standard InChI is InChI=1S/C13H16ClNO5S/c1-8(2)13(18)6-15(7-13)21(19,20)9-3-4-10(12(16)17)11(14)5-9/h3-5,8,18H,6-7H2,1-2H3,(H,16,17). The molecule has 21 heavy (non-hydrogen) atoms. The molecule has 0 saturated carbocycles. The van der Waals surface area contributed by atoms with Gasteiger partial charge >= 0.3 is 5.97 Å². The van der Waals surface area contributed by atoms with Crippen molar-refractivity contribution in [3.8, 4) is 0 Å². The van der Waals surface area contributed by atoms with Crippen molar-refractivity contribution < 1.29 is 23.4 Å². The zero-order chi connectivity index (χ0) is 16.0. The molecule has 1 aromatic rings. The van der Waals surface area contributed by atoms with Gasteiger partial charge in [0.2, 0.25) is 10.0 Å². The molecule has 0 aromatic heterocycles. The van der Waals surface area contributed by atoms with Crippen LogP contribution in [0.2, 0.25) is 5.02 Å². The zero-order valence-corrected chi connectivity index (χ0v) is 13.1. The molecule has 1 fully saturated rings. The van der Waals surface area contributed by atoms with Crippen LogP contribution in [0.4, 0.5) is 0 Å². The van der Waals surface area contributed by atoms with Gasteiger partial charge in [0.15, 0.2) is 0 Å². The minimum absolute atomic E-state index is 0.0191. The van der Waals surface area contributed by atoms with Crippen LogP contribution < -0.4 is 0 Å². The lowest BCUT2D eigenvalue weighted by atomic mass is 9.85. The van der Waals surface area contributed by atoms with Crippen LogP contribution in [0.15, 0.2) is 23.1 Å². The lowest BCUT2D eigenvalue weighted by molar-refractivity contribution is -0.0932. The Balaban J connectivity index is 2.26. The Labute approximate surface area is 128 Å². The highest BCUT2D eigenvalue weighted by atomic mass is 35.5. The number of carboxylic acid groups (broad SMARTS) is 1. The zero-order valence-electron chi connectivity index (χ0n) is 11.6. The molecule has 8 heteroatoms. The first-order chi connectivity index (χ1) is 9.58. The van der Waals surface area contributed by atoms with Crippen molar-refractivity contribution >= 4 is 27.6 Å². The van der Waals surface area contributed by atoms with Gasteiger partial charge in [0.05, 0.1) is 21.1 Å². The molecule has 1 saturated heterocycles. The first-order valence-electron chi connectivity index (χ1n) is 6.33. The molecule has 1 aliphatic heterocycles. The molecule has 0 bridgehead atoms. The molecule has 1 aliphatic rings. The highest BCUT2D eigenvalue weighted by Gasteiger charge is 2.49. The number of sulfonamides is 1. The van der Waals surface area contributed by atoms with Gasteiger partial charge in [-0.2, -0.15) is 4.31 Å². The molecule has 1 aromatic carbocycles. The molecule has 116 valence electrons. The summed E-state index contributed by atoms with van der Waals surface area (Å²) >= 11 is 5.79. The topological polar surface area (TPSA) is 94.9 Å². The summed E-state index contributed by atoms with van der Waals surface area (Å²) in [5.74, 6) is -1.27. The highest BCUT2D eigenvalue weighted by Crippen LogP contribution is 2.34. The molecule has 2 rings (SSSR count). The maximum atomic E-state index is 12.4. The summed E-state index contributed by atoms with van der Waals surface area (Å²) in [5, 5.41) is 18.9. The number of hydrogen-bond donors (Lipinski definition) is 2. The van der Waals surface area contributed by atoms with E-state index in [0.29, 0.717) is 0 Å². The summed E-state index contributed by atoms with van der Waals surface area (Å²) in [6.07, 6.45) is 0. The Morgan fingerprint density at radius 3 is 2.38 bits per heavy atom. The Hall–Kier alpha value is -1.15. The first kappa shape index (κ1) is 16.2. The summed E-state index contributed by atoms with van der Waals surface area (Å²) < 4.78 is 25.9. The lowest BCUT2D eigenvalue weighted by Gasteiger charge is -2.47. The maximum absolute atomic E-state index is 12.4. The Morgan fingerprint density at radius 1 is 1.38 bits per heavy atom. The largest absolute Gasteiger partial charge is 0.478 e. The van der Waals surface area contributed by atoms with E-state index in [9.17, 15) is 18.3 Å². The molecular weight excluding hydrogens is 318 g/mol. The minimum Gasteiger partial charge on any atom is -0.478 e. The van der Waals surface area contributed by atoms with Gasteiger partial charge in [-0.1, -0.05) is 25.4 Å². The maximum Gasteiger partial charge on any atom is 0.337 e. The number of aromatic carboxylic acids is 1. The van der Waals surface area contributed by atoms with Crippen LogP contribution in [0, 0.1) is 5.92 Å². The fourth-order valence-electron chi connectivity index (χ4n) is 2.08.